The second kappa shape index (κ2) is 4.45. The highest BCUT2D eigenvalue weighted by Gasteiger charge is 2.04. The van der Waals surface area contributed by atoms with Gasteiger partial charge in [0.15, 0.2) is 0 Å². The summed E-state index contributed by atoms with van der Waals surface area (Å²) in [7, 11) is 0. The Labute approximate surface area is 99.6 Å². The number of rotatable bonds is 3. The molecule has 2 aromatic carbocycles. The Morgan fingerprint density at radius 1 is 1.12 bits per heavy atom. The molecule has 0 atom stereocenters. The molecule has 0 saturated carbocycles. The number of carboxylic acid groups (broad SMARTS) is 1. The maximum Gasteiger partial charge on any atom is 0.335 e. The van der Waals surface area contributed by atoms with Gasteiger partial charge < -0.3 is 9.84 Å². The molecule has 0 aliphatic carbocycles. The van der Waals surface area contributed by atoms with Crippen LogP contribution in [0.2, 0.25) is 0 Å². The number of fused-ring (bicyclic) bond motifs is 1. The van der Waals surface area contributed by atoms with Crippen LogP contribution in [0, 0.1) is 0 Å². The van der Waals surface area contributed by atoms with E-state index in [1.54, 1.807) is 18.2 Å². The smallest absolute Gasteiger partial charge is 0.335 e. The SMILES string of the molecule is CC(C)Oc1ccc2cc(C(=O)O)ccc2c1. The van der Waals surface area contributed by atoms with E-state index in [0.717, 1.165) is 16.5 Å². The van der Waals surface area contributed by atoms with Crippen LogP contribution in [0.15, 0.2) is 36.4 Å². The number of carboxylic acids is 1. The van der Waals surface area contributed by atoms with Crippen LogP contribution >= 0.6 is 0 Å². The molecule has 88 valence electrons. The van der Waals surface area contributed by atoms with E-state index in [0.29, 0.717) is 5.56 Å². The Morgan fingerprint density at radius 3 is 2.41 bits per heavy atom. The van der Waals surface area contributed by atoms with Gasteiger partial charge in [-0.05, 0) is 48.9 Å². The molecule has 3 heteroatoms. The van der Waals surface area contributed by atoms with Crippen molar-refractivity contribution < 1.29 is 14.6 Å². The standard InChI is InChI=1S/C14H14O3/c1-9(2)17-13-6-5-10-7-12(14(15)16)4-3-11(10)8-13/h3-9H,1-2H3,(H,15,16). The molecular formula is C14H14O3. The van der Waals surface area contributed by atoms with Crippen LogP contribution in [-0.2, 0) is 0 Å². The van der Waals surface area contributed by atoms with E-state index in [1.165, 1.54) is 0 Å². The summed E-state index contributed by atoms with van der Waals surface area (Å²) in [6.45, 7) is 3.94. The molecule has 17 heavy (non-hydrogen) atoms. The maximum absolute atomic E-state index is 10.8. The highest BCUT2D eigenvalue weighted by Crippen LogP contribution is 2.22. The van der Waals surface area contributed by atoms with E-state index in [-0.39, 0.29) is 6.10 Å². The lowest BCUT2D eigenvalue weighted by atomic mass is 10.1. The number of carbonyl (C=O) groups is 1. The maximum atomic E-state index is 10.8. The summed E-state index contributed by atoms with van der Waals surface area (Å²) < 4.78 is 5.58. The Balaban J connectivity index is 2.43. The fourth-order valence-electron chi connectivity index (χ4n) is 1.70. The van der Waals surface area contributed by atoms with Crippen molar-refractivity contribution in [2.24, 2.45) is 0 Å². The number of aromatic carboxylic acids is 1. The van der Waals surface area contributed by atoms with Gasteiger partial charge in [0, 0.05) is 0 Å². The minimum absolute atomic E-state index is 0.130. The highest BCUT2D eigenvalue weighted by molar-refractivity contribution is 5.94. The van der Waals surface area contributed by atoms with Gasteiger partial charge in [0.2, 0.25) is 0 Å². The van der Waals surface area contributed by atoms with Crippen LogP contribution in [-0.4, -0.2) is 17.2 Å². The van der Waals surface area contributed by atoms with Gasteiger partial charge in [-0.25, -0.2) is 4.79 Å². The molecule has 0 fully saturated rings. The third kappa shape index (κ3) is 2.56. The van der Waals surface area contributed by atoms with E-state index in [4.69, 9.17) is 9.84 Å². The van der Waals surface area contributed by atoms with Crippen LogP contribution in [0.3, 0.4) is 0 Å². The van der Waals surface area contributed by atoms with Gasteiger partial charge >= 0.3 is 5.97 Å². The normalized spacial score (nSPS) is 10.8. The van der Waals surface area contributed by atoms with Gasteiger partial charge in [-0.3, -0.25) is 0 Å². The zero-order valence-corrected chi connectivity index (χ0v) is 9.81. The molecule has 0 unspecified atom stereocenters. The molecule has 0 heterocycles. The van der Waals surface area contributed by atoms with Gasteiger partial charge in [0.1, 0.15) is 5.75 Å². The summed E-state index contributed by atoms with van der Waals surface area (Å²) >= 11 is 0. The first kappa shape index (κ1) is 11.5. The Kier molecular flexibility index (Phi) is 3.00. The van der Waals surface area contributed by atoms with Crippen LogP contribution in [0.5, 0.6) is 5.75 Å². The molecule has 0 radical (unpaired) electrons. The van der Waals surface area contributed by atoms with Crippen molar-refractivity contribution in [3.8, 4) is 5.75 Å². The van der Waals surface area contributed by atoms with E-state index in [2.05, 4.69) is 0 Å². The van der Waals surface area contributed by atoms with Crippen molar-refractivity contribution in [3.63, 3.8) is 0 Å². The molecule has 3 nitrogen and oxygen atoms in total. The van der Waals surface area contributed by atoms with Gasteiger partial charge in [-0.2, -0.15) is 0 Å². The van der Waals surface area contributed by atoms with Crippen molar-refractivity contribution in [2.45, 2.75) is 20.0 Å². The zero-order valence-electron chi connectivity index (χ0n) is 9.81. The quantitative estimate of drug-likeness (QED) is 0.879. The van der Waals surface area contributed by atoms with Crippen molar-refractivity contribution in [2.75, 3.05) is 0 Å². The lowest BCUT2D eigenvalue weighted by molar-refractivity contribution is 0.0697. The minimum atomic E-state index is -0.908. The van der Waals surface area contributed by atoms with Gasteiger partial charge in [0.25, 0.3) is 0 Å². The molecule has 0 aliphatic rings. The fraction of sp³-hybridized carbons (Fsp3) is 0.214. The lowest BCUT2D eigenvalue weighted by Crippen LogP contribution is -2.05. The largest absolute Gasteiger partial charge is 0.491 e. The molecule has 1 N–H and O–H groups in total. The lowest BCUT2D eigenvalue weighted by Gasteiger charge is -2.10. The van der Waals surface area contributed by atoms with Gasteiger partial charge in [-0.1, -0.05) is 12.1 Å². The topological polar surface area (TPSA) is 46.5 Å². The van der Waals surface area contributed by atoms with Crippen molar-refractivity contribution in [1.82, 2.24) is 0 Å². The second-order valence-electron chi connectivity index (χ2n) is 4.20. The van der Waals surface area contributed by atoms with Gasteiger partial charge in [0.05, 0.1) is 11.7 Å². The third-order valence-electron chi connectivity index (χ3n) is 2.43. The van der Waals surface area contributed by atoms with Crippen LogP contribution in [0.1, 0.15) is 24.2 Å². The molecule has 0 bridgehead atoms. The summed E-state index contributed by atoms with van der Waals surface area (Å²) in [4.78, 5) is 10.8. The van der Waals surface area contributed by atoms with Gasteiger partial charge in [-0.15, -0.1) is 0 Å². The van der Waals surface area contributed by atoms with Crippen LogP contribution in [0.25, 0.3) is 10.8 Å². The molecule has 0 saturated heterocycles. The molecule has 2 rings (SSSR count). The van der Waals surface area contributed by atoms with E-state index < -0.39 is 5.97 Å². The Hall–Kier alpha value is -2.03. The van der Waals surface area contributed by atoms with E-state index in [1.807, 2.05) is 32.0 Å². The summed E-state index contributed by atoms with van der Waals surface area (Å²) in [5, 5.41) is 10.8. The number of benzene rings is 2. The summed E-state index contributed by atoms with van der Waals surface area (Å²) in [5.41, 5.74) is 0.301. The first-order valence-electron chi connectivity index (χ1n) is 5.50. The summed E-state index contributed by atoms with van der Waals surface area (Å²) in [5.74, 6) is -0.106. The zero-order chi connectivity index (χ0) is 12.4. The minimum Gasteiger partial charge on any atom is -0.491 e. The highest BCUT2D eigenvalue weighted by atomic mass is 16.5. The fourth-order valence-corrected chi connectivity index (χ4v) is 1.70. The Morgan fingerprint density at radius 2 is 1.76 bits per heavy atom. The van der Waals surface area contributed by atoms with Crippen LogP contribution in [0.4, 0.5) is 0 Å². The number of hydrogen-bond acceptors (Lipinski definition) is 2. The van der Waals surface area contributed by atoms with Crippen molar-refractivity contribution in [1.29, 1.82) is 0 Å². The average molecular weight is 230 g/mol. The monoisotopic (exact) mass is 230 g/mol. The Bertz CT molecular complexity index is 558. The summed E-state index contributed by atoms with van der Waals surface area (Å²) in [6.07, 6.45) is 0.130. The molecule has 0 amide bonds. The predicted molar refractivity (Wildman–Crippen MR) is 66.7 cm³/mol. The predicted octanol–water partition coefficient (Wildman–Crippen LogP) is 3.33. The molecule has 0 spiro atoms. The number of hydrogen-bond donors (Lipinski definition) is 1. The molecular weight excluding hydrogens is 216 g/mol. The van der Waals surface area contributed by atoms with Crippen molar-refractivity contribution in [3.05, 3.63) is 42.0 Å². The third-order valence-corrected chi connectivity index (χ3v) is 2.43. The second-order valence-corrected chi connectivity index (χ2v) is 4.20. The summed E-state index contributed by atoms with van der Waals surface area (Å²) in [6, 6.07) is 10.7. The number of ether oxygens (including phenoxy) is 1. The van der Waals surface area contributed by atoms with Crippen LogP contribution < -0.4 is 4.74 Å². The first-order chi connectivity index (χ1) is 8.06. The van der Waals surface area contributed by atoms with E-state index >= 15 is 0 Å². The molecule has 2 aromatic rings. The molecule has 0 aliphatic heterocycles. The average Bonchev–Trinajstić information content (AvgIpc) is 2.27. The molecule has 0 aromatic heterocycles. The van der Waals surface area contributed by atoms with E-state index in [9.17, 15) is 4.79 Å². The van der Waals surface area contributed by atoms with Crippen molar-refractivity contribution >= 4 is 16.7 Å². The first-order valence-corrected chi connectivity index (χ1v) is 5.50.